The van der Waals surface area contributed by atoms with Crippen molar-refractivity contribution in [2.45, 2.75) is 45.1 Å². The Morgan fingerprint density at radius 1 is 1.06 bits per heavy atom. The van der Waals surface area contributed by atoms with E-state index in [9.17, 15) is 23.1 Å². The maximum atomic E-state index is 13.2. The van der Waals surface area contributed by atoms with Gasteiger partial charge >= 0.3 is 5.97 Å². The third-order valence-electron chi connectivity index (χ3n) is 4.99. The molecule has 2 N–H and O–H groups in total. The van der Waals surface area contributed by atoms with Gasteiger partial charge in [0.25, 0.3) is 5.91 Å². The highest BCUT2D eigenvalue weighted by Gasteiger charge is 2.27. The summed E-state index contributed by atoms with van der Waals surface area (Å²) in [5.41, 5.74) is -1.23. The molecule has 0 saturated heterocycles. The molecular weight excluding hydrogens is 512 g/mol. The third-order valence-corrected chi connectivity index (χ3v) is 7.30. The predicted octanol–water partition coefficient (Wildman–Crippen LogP) is 4.30. The zero-order valence-corrected chi connectivity index (χ0v) is 22.8. The summed E-state index contributed by atoms with van der Waals surface area (Å²) in [4.78, 5) is 25.6. The van der Waals surface area contributed by atoms with E-state index in [2.05, 4.69) is 5.32 Å². The summed E-state index contributed by atoms with van der Waals surface area (Å²) in [5.74, 6) is -1.99. The average Bonchev–Trinajstić information content (AvgIpc) is 2.79. The van der Waals surface area contributed by atoms with Crippen LogP contribution >= 0.6 is 11.6 Å². The molecule has 2 aromatic carbocycles. The maximum Gasteiger partial charge on any atom is 0.342 e. The molecule has 198 valence electrons. The molecule has 0 aliphatic heterocycles. The van der Waals surface area contributed by atoms with E-state index in [1.165, 1.54) is 36.7 Å². The molecule has 0 saturated carbocycles. The number of aromatic hydroxyl groups is 1. The Morgan fingerprint density at radius 2 is 1.67 bits per heavy atom. The summed E-state index contributed by atoms with van der Waals surface area (Å²) >= 11 is 6.07. The molecule has 0 bridgehead atoms. The van der Waals surface area contributed by atoms with Crippen LogP contribution < -0.4 is 14.8 Å². The van der Waals surface area contributed by atoms with Gasteiger partial charge < -0.3 is 24.6 Å². The number of hydrogen-bond acceptors (Lipinski definition) is 8. The Labute approximate surface area is 216 Å². The van der Waals surface area contributed by atoms with Crippen LogP contribution in [0.25, 0.3) is 0 Å². The van der Waals surface area contributed by atoms with Crippen LogP contribution in [0.15, 0.2) is 29.2 Å². The van der Waals surface area contributed by atoms with Gasteiger partial charge in [0.05, 0.1) is 29.8 Å². The van der Waals surface area contributed by atoms with Crippen molar-refractivity contribution < 1.29 is 37.3 Å². The number of methoxy groups -OCH3 is 2. The lowest BCUT2D eigenvalue weighted by atomic mass is 10.1. The number of phenols is 1. The number of hydrogen-bond donors (Lipinski definition) is 2. The maximum absolute atomic E-state index is 13.2. The Morgan fingerprint density at radius 3 is 2.17 bits per heavy atom. The van der Waals surface area contributed by atoms with Crippen LogP contribution in [0.1, 0.15) is 55.3 Å². The number of benzene rings is 2. The second-order valence-corrected chi connectivity index (χ2v) is 11.0. The smallest absolute Gasteiger partial charge is 0.342 e. The number of rotatable bonds is 9. The molecule has 36 heavy (non-hydrogen) atoms. The number of halogens is 1. The molecular formula is C24H31ClN2O8S. The van der Waals surface area contributed by atoms with E-state index in [-0.39, 0.29) is 51.3 Å². The first-order chi connectivity index (χ1) is 16.7. The quantitative estimate of drug-likeness (QED) is 0.448. The van der Waals surface area contributed by atoms with E-state index in [0.29, 0.717) is 0 Å². The number of amides is 1. The highest BCUT2D eigenvalue weighted by molar-refractivity contribution is 7.89. The van der Waals surface area contributed by atoms with Crippen LogP contribution in [0.5, 0.6) is 17.2 Å². The van der Waals surface area contributed by atoms with Gasteiger partial charge in [-0.05, 0) is 39.0 Å². The number of nitrogens with one attached hydrogen (secondary N) is 1. The standard InChI is InChI=1S/C24H31ClN2O8S/c1-8-27(9-2)36(31,32)15-12-18(21(34-7)19(13-15)33-6)26-22(29)14-10-16(20(28)17(25)11-14)23(30)35-24(3,4)5/h10-13,28H,8-9H2,1-7H3,(H,26,29). The lowest BCUT2D eigenvalue weighted by molar-refractivity contribution is 0.00667. The second kappa shape index (κ2) is 11.4. The van der Waals surface area contributed by atoms with Crippen molar-refractivity contribution in [1.29, 1.82) is 0 Å². The van der Waals surface area contributed by atoms with Crippen LogP contribution in [-0.4, -0.2) is 62.6 Å². The van der Waals surface area contributed by atoms with Crippen LogP contribution in [0.3, 0.4) is 0 Å². The molecule has 2 aromatic rings. The van der Waals surface area contributed by atoms with Crippen LogP contribution in [0.2, 0.25) is 5.02 Å². The molecule has 2 rings (SSSR count). The van der Waals surface area contributed by atoms with Gasteiger partial charge in [-0.1, -0.05) is 25.4 Å². The molecule has 0 aliphatic rings. The van der Waals surface area contributed by atoms with Crippen molar-refractivity contribution >= 4 is 39.2 Å². The number of sulfonamides is 1. The highest BCUT2D eigenvalue weighted by atomic mass is 35.5. The highest BCUT2D eigenvalue weighted by Crippen LogP contribution is 2.39. The lowest BCUT2D eigenvalue weighted by Gasteiger charge is -2.21. The summed E-state index contributed by atoms with van der Waals surface area (Å²) in [6.07, 6.45) is 0. The molecule has 0 radical (unpaired) electrons. The fourth-order valence-corrected chi connectivity index (χ4v) is 5.03. The minimum Gasteiger partial charge on any atom is -0.505 e. The van der Waals surface area contributed by atoms with E-state index >= 15 is 0 Å². The number of carbonyl (C=O) groups is 2. The van der Waals surface area contributed by atoms with E-state index in [1.807, 2.05) is 0 Å². The van der Waals surface area contributed by atoms with Crippen molar-refractivity contribution in [2.75, 3.05) is 32.6 Å². The fraction of sp³-hybridized carbons (Fsp3) is 0.417. The van der Waals surface area contributed by atoms with Gasteiger partial charge in [-0.3, -0.25) is 4.79 Å². The molecule has 0 fully saturated rings. The molecule has 10 nitrogen and oxygen atoms in total. The van der Waals surface area contributed by atoms with Crippen molar-refractivity contribution in [3.63, 3.8) is 0 Å². The van der Waals surface area contributed by atoms with Crippen LogP contribution in [0.4, 0.5) is 5.69 Å². The summed E-state index contributed by atoms with van der Waals surface area (Å²) < 4.78 is 43.4. The Hall–Kier alpha value is -3.02. The normalized spacial score (nSPS) is 11.8. The van der Waals surface area contributed by atoms with E-state index < -0.39 is 33.3 Å². The fourth-order valence-electron chi connectivity index (χ4n) is 3.31. The van der Waals surface area contributed by atoms with Crippen molar-refractivity contribution in [3.05, 3.63) is 40.4 Å². The first-order valence-electron chi connectivity index (χ1n) is 11.0. The zero-order valence-electron chi connectivity index (χ0n) is 21.3. The second-order valence-electron chi connectivity index (χ2n) is 8.61. The molecule has 0 aliphatic carbocycles. The van der Waals surface area contributed by atoms with Crippen molar-refractivity contribution in [2.24, 2.45) is 0 Å². The molecule has 1 amide bonds. The number of esters is 1. The molecule has 0 spiro atoms. The Bertz CT molecular complexity index is 1250. The SMILES string of the molecule is CCN(CC)S(=O)(=O)c1cc(NC(=O)c2cc(Cl)c(O)c(C(=O)OC(C)(C)C)c2)c(OC)c(OC)c1. The summed E-state index contributed by atoms with van der Waals surface area (Å²) in [6, 6.07) is 4.86. The summed E-state index contributed by atoms with van der Waals surface area (Å²) in [6.45, 7) is 8.86. The predicted molar refractivity (Wildman–Crippen MR) is 136 cm³/mol. The van der Waals surface area contributed by atoms with Gasteiger partial charge in [-0.25, -0.2) is 13.2 Å². The van der Waals surface area contributed by atoms with Gasteiger partial charge in [-0.2, -0.15) is 4.31 Å². The van der Waals surface area contributed by atoms with E-state index in [4.69, 9.17) is 25.8 Å². The molecule has 12 heteroatoms. The third kappa shape index (κ3) is 6.40. The lowest BCUT2D eigenvalue weighted by Crippen LogP contribution is -2.30. The number of ether oxygens (including phenoxy) is 3. The summed E-state index contributed by atoms with van der Waals surface area (Å²) in [5, 5.41) is 12.6. The number of phenolic OH excluding ortho intramolecular Hbond substituents is 1. The average molecular weight is 543 g/mol. The van der Waals surface area contributed by atoms with Crippen molar-refractivity contribution in [3.8, 4) is 17.2 Å². The first-order valence-corrected chi connectivity index (χ1v) is 12.8. The largest absolute Gasteiger partial charge is 0.505 e. The molecule has 0 unspecified atom stereocenters. The molecule has 0 heterocycles. The molecule has 0 atom stereocenters. The topological polar surface area (TPSA) is 131 Å². The van der Waals surface area contributed by atoms with Crippen LogP contribution in [0, 0.1) is 0 Å². The van der Waals surface area contributed by atoms with Gasteiger partial charge in [0.15, 0.2) is 11.5 Å². The van der Waals surface area contributed by atoms with Crippen LogP contribution in [-0.2, 0) is 14.8 Å². The van der Waals surface area contributed by atoms with Gasteiger partial charge in [-0.15, -0.1) is 0 Å². The van der Waals surface area contributed by atoms with Gasteiger partial charge in [0, 0.05) is 24.7 Å². The minimum absolute atomic E-state index is 0.00981. The number of anilines is 1. The monoisotopic (exact) mass is 542 g/mol. The Balaban J connectivity index is 2.58. The number of carbonyl (C=O) groups excluding carboxylic acids is 2. The summed E-state index contributed by atoms with van der Waals surface area (Å²) in [7, 11) is -1.22. The van der Waals surface area contributed by atoms with Crippen molar-refractivity contribution in [1.82, 2.24) is 4.31 Å². The van der Waals surface area contributed by atoms with Gasteiger partial charge in [0.2, 0.25) is 10.0 Å². The van der Waals surface area contributed by atoms with E-state index in [0.717, 1.165) is 6.07 Å². The zero-order chi connectivity index (χ0) is 27.4. The molecule has 0 aromatic heterocycles. The van der Waals surface area contributed by atoms with Gasteiger partial charge in [0.1, 0.15) is 16.9 Å². The first kappa shape index (κ1) is 29.2. The minimum atomic E-state index is -3.90. The van der Waals surface area contributed by atoms with E-state index in [1.54, 1.807) is 34.6 Å². The Kier molecular flexibility index (Phi) is 9.22. The number of nitrogens with zero attached hydrogens (tertiary/aromatic N) is 1.